The van der Waals surface area contributed by atoms with Crippen molar-refractivity contribution in [1.29, 1.82) is 0 Å². The molecule has 0 atom stereocenters. The van der Waals surface area contributed by atoms with Gasteiger partial charge in [0.1, 0.15) is 5.82 Å². The van der Waals surface area contributed by atoms with Crippen LogP contribution in [0.1, 0.15) is 56.9 Å². The molecule has 5 nitrogen and oxygen atoms in total. The minimum Gasteiger partial charge on any atom is -0.381 e. The van der Waals surface area contributed by atoms with Gasteiger partial charge < -0.3 is 20.1 Å². The van der Waals surface area contributed by atoms with E-state index < -0.39 is 0 Å². The van der Waals surface area contributed by atoms with Gasteiger partial charge in [-0.05, 0) is 49.8 Å². The number of ether oxygens (including phenoxy) is 2. The van der Waals surface area contributed by atoms with Gasteiger partial charge in [0.25, 0.3) is 0 Å². The molecule has 0 bridgehead atoms. The quantitative estimate of drug-likeness (QED) is 0.225. The van der Waals surface area contributed by atoms with Crippen LogP contribution in [0.4, 0.5) is 4.39 Å². The smallest absolute Gasteiger partial charge is 0.191 e. The number of hydrogen-bond donors (Lipinski definition) is 2. The normalized spacial score (nSPS) is 19.7. The summed E-state index contributed by atoms with van der Waals surface area (Å²) in [6.45, 7) is 3.83. The molecular formula is C23H37FIN3O2. The van der Waals surface area contributed by atoms with Crippen molar-refractivity contribution in [3.05, 3.63) is 35.6 Å². The first kappa shape index (κ1) is 25.3. The van der Waals surface area contributed by atoms with Gasteiger partial charge in [-0.15, -0.1) is 24.0 Å². The molecule has 2 fully saturated rings. The molecule has 0 aromatic heterocycles. The second-order valence-electron chi connectivity index (χ2n) is 8.24. The molecule has 2 aliphatic rings. The van der Waals surface area contributed by atoms with E-state index in [0.29, 0.717) is 6.10 Å². The number of benzene rings is 1. The van der Waals surface area contributed by atoms with E-state index in [9.17, 15) is 4.39 Å². The van der Waals surface area contributed by atoms with Gasteiger partial charge in [-0.1, -0.05) is 31.4 Å². The molecule has 1 aliphatic carbocycles. The summed E-state index contributed by atoms with van der Waals surface area (Å²) in [4.78, 5) is 4.36. The molecule has 1 heterocycles. The predicted molar refractivity (Wildman–Crippen MR) is 130 cm³/mol. The number of nitrogens with one attached hydrogen (secondary N) is 2. The van der Waals surface area contributed by atoms with Crippen molar-refractivity contribution in [2.75, 3.05) is 40.0 Å². The molecule has 1 aliphatic heterocycles. The van der Waals surface area contributed by atoms with E-state index in [4.69, 9.17) is 9.47 Å². The zero-order chi connectivity index (χ0) is 20.4. The maximum Gasteiger partial charge on any atom is 0.191 e. The highest BCUT2D eigenvalue weighted by molar-refractivity contribution is 14.0. The fourth-order valence-corrected chi connectivity index (χ4v) is 4.37. The van der Waals surface area contributed by atoms with E-state index in [-0.39, 0.29) is 35.2 Å². The topological polar surface area (TPSA) is 54.9 Å². The zero-order valence-electron chi connectivity index (χ0n) is 18.1. The standard InChI is InChI=1S/C23H36FN3O2.HI/c1-25-22(26-14-5-15-29-21-6-3-2-4-7-21)27-18-23(12-16-28-17-13-23)19-8-10-20(24)11-9-19;/h8-11,21H,2-7,12-18H2,1H3,(H2,25,26,27);1H. The monoisotopic (exact) mass is 533 g/mol. The highest BCUT2D eigenvalue weighted by Gasteiger charge is 2.34. The summed E-state index contributed by atoms with van der Waals surface area (Å²) >= 11 is 0. The molecule has 0 unspecified atom stereocenters. The van der Waals surface area contributed by atoms with Crippen molar-refractivity contribution in [2.24, 2.45) is 4.99 Å². The predicted octanol–water partition coefficient (Wildman–Crippen LogP) is 4.40. The molecule has 1 saturated heterocycles. The lowest BCUT2D eigenvalue weighted by Gasteiger charge is -2.38. The Morgan fingerprint density at radius 2 is 1.83 bits per heavy atom. The third-order valence-corrected chi connectivity index (χ3v) is 6.24. The van der Waals surface area contributed by atoms with Crippen molar-refractivity contribution in [3.8, 4) is 0 Å². The SMILES string of the molecule is CN=C(NCCCOC1CCCCC1)NCC1(c2ccc(F)cc2)CCOCC1.I. The zero-order valence-corrected chi connectivity index (χ0v) is 20.5. The van der Waals surface area contributed by atoms with Crippen LogP contribution in [0.3, 0.4) is 0 Å². The van der Waals surface area contributed by atoms with Crippen LogP contribution in [0.5, 0.6) is 0 Å². The lowest BCUT2D eigenvalue weighted by atomic mass is 9.74. The molecule has 0 radical (unpaired) electrons. The van der Waals surface area contributed by atoms with Crippen molar-refractivity contribution < 1.29 is 13.9 Å². The molecule has 30 heavy (non-hydrogen) atoms. The lowest BCUT2D eigenvalue weighted by Crippen LogP contribution is -2.48. The van der Waals surface area contributed by atoms with E-state index in [1.54, 1.807) is 19.2 Å². The minimum atomic E-state index is -0.197. The molecule has 7 heteroatoms. The van der Waals surface area contributed by atoms with E-state index in [1.807, 2.05) is 12.1 Å². The van der Waals surface area contributed by atoms with Crippen LogP contribution >= 0.6 is 24.0 Å². The van der Waals surface area contributed by atoms with Crippen LogP contribution in [0.2, 0.25) is 0 Å². The van der Waals surface area contributed by atoms with Crippen LogP contribution in [0.15, 0.2) is 29.3 Å². The number of nitrogens with zero attached hydrogens (tertiary/aromatic N) is 1. The molecule has 3 rings (SSSR count). The van der Waals surface area contributed by atoms with Gasteiger partial charge in [0.05, 0.1) is 6.10 Å². The van der Waals surface area contributed by atoms with Crippen LogP contribution in [0.25, 0.3) is 0 Å². The van der Waals surface area contributed by atoms with Gasteiger partial charge in [-0.2, -0.15) is 0 Å². The Balaban J connectivity index is 0.00000320. The highest BCUT2D eigenvalue weighted by atomic mass is 127. The highest BCUT2D eigenvalue weighted by Crippen LogP contribution is 2.34. The third kappa shape index (κ3) is 7.64. The maximum absolute atomic E-state index is 13.4. The number of rotatable bonds is 8. The summed E-state index contributed by atoms with van der Waals surface area (Å²) in [5.41, 5.74) is 1.10. The fourth-order valence-electron chi connectivity index (χ4n) is 4.37. The summed E-state index contributed by atoms with van der Waals surface area (Å²) in [5.74, 6) is 0.604. The number of aliphatic imine (C=N–C) groups is 1. The molecule has 0 amide bonds. The van der Waals surface area contributed by atoms with E-state index in [0.717, 1.165) is 63.7 Å². The molecule has 1 saturated carbocycles. The number of halogens is 2. The lowest BCUT2D eigenvalue weighted by molar-refractivity contribution is 0.0276. The van der Waals surface area contributed by atoms with Crippen molar-refractivity contribution in [3.63, 3.8) is 0 Å². The minimum absolute atomic E-state index is 0. The Bertz CT molecular complexity index is 630. The van der Waals surface area contributed by atoms with Crippen molar-refractivity contribution >= 4 is 29.9 Å². The Morgan fingerprint density at radius 3 is 2.50 bits per heavy atom. The molecular weight excluding hydrogens is 496 g/mol. The average Bonchev–Trinajstić information content (AvgIpc) is 2.77. The van der Waals surface area contributed by atoms with Crippen LogP contribution in [0, 0.1) is 5.82 Å². The Morgan fingerprint density at radius 1 is 1.13 bits per heavy atom. The van der Waals surface area contributed by atoms with Gasteiger partial charge in [0.15, 0.2) is 5.96 Å². The van der Waals surface area contributed by atoms with Crippen molar-refractivity contribution in [1.82, 2.24) is 10.6 Å². The Labute approximate surface area is 197 Å². The summed E-state index contributed by atoms with van der Waals surface area (Å²) < 4.78 is 25.0. The molecule has 2 N–H and O–H groups in total. The Kier molecular flexibility index (Phi) is 11.4. The molecule has 1 aromatic rings. The average molecular weight is 533 g/mol. The first-order valence-corrected chi connectivity index (χ1v) is 11.1. The van der Waals surface area contributed by atoms with Crippen molar-refractivity contribution in [2.45, 2.75) is 62.9 Å². The number of guanidine groups is 1. The van der Waals surface area contributed by atoms with Gasteiger partial charge in [-0.3, -0.25) is 4.99 Å². The molecule has 0 spiro atoms. The second kappa shape index (κ2) is 13.5. The summed E-state index contributed by atoms with van der Waals surface area (Å²) in [5, 5.41) is 6.87. The van der Waals surface area contributed by atoms with Crippen LogP contribution in [-0.4, -0.2) is 52.0 Å². The van der Waals surface area contributed by atoms with E-state index in [1.165, 1.54) is 32.1 Å². The summed E-state index contributed by atoms with van der Waals surface area (Å²) in [6, 6.07) is 6.90. The third-order valence-electron chi connectivity index (χ3n) is 6.24. The first-order valence-electron chi connectivity index (χ1n) is 11.1. The van der Waals surface area contributed by atoms with Gasteiger partial charge in [-0.25, -0.2) is 4.39 Å². The van der Waals surface area contributed by atoms with Gasteiger partial charge >= 0.3 is 0 Å². The second-order valence-corrected chi connectivity index (χ2v) is 8.24. The van der Waals surface area contributed by atoms with Gasteiger partial charge in [0.2, 0.25) is 0 Å². The number of hydrogen-bond acceptors (Lipinski definition) is 3. The summed E-state index contributed by atoms with van der Waals surface area (Å²) in [7, 11) is 1.79. The molecule has 170 valence electrons. The van der Waals surface area contributed by atoms with Crippen LogP contribution < -0.4 is 10.6 Å². The van der Waals surface area contributed by atoms with Gasteiger partial charge in [0, 0.05) is 45.4 Å². The fraction of sp³-hybridized carbons (Fsp3) is 0.696. The Hall–Kier alpha value is -0.930. The van der Waals surface area contributed by atoms with Crippen LogP contribution in [-0.2, 0) is 14.9 Å². The largest absolute Gasteiger partial charge is 0.381 e. The van der Waals surface area contributed by atoms with E-state index >= 15 is 0 Å². The molecule has 1 aromatic carbocycles. The summed E-state index contributed by atoms with van der Waals surface area (Å²) in [6.07, 6.45) is 9.65. The maximum atomic E-state index is 13.4. The first-order chi connectivity index (χ1) is 14.2. The van der Waals surface area contributed by atoms with E-state index in [2.05, 4.69) is 15.6 Å².